The van der Waals surface area contributed by atoms with Crippen LogP contribution in [0.1, 0.15) is 38.1 Å². The molecule has 1 atom stereocenters. The van der Waals surface area contributed by atoms with Gasteiger partial charge in [0.25, 0.3) is 0 Å². The van der Waals surface area contributed by atoms with Gasteiger partial charge >= 0.3 is 6.03 Å². The molecule has 0 aliphatic carbocycles. The minimum atomic E-state index is -0.128. The minimum Gasteiger partial charge on any atom is -0.343 e. The fourth-order valence-corrected chi connectivity index (χ4v) is 3.06. The van der Waals surface area contributed by atoms with Gasteiger partial charge in [0, 0.05) is 44.8 Å². The molecule has 7 nitrogen and oxygen atoms in total. The van der Waals surface area contributed by atoms with Crippen LogP contribution >= 0.6 is 0 Å². The second kappa shape index (κ2) is 8.17. The molecule has 1 aromatic heterocycles. The zero-order chi connectivity index (χ0) is 17.7. The first-order valence-electron chi connectivity index (χ1n) is 8.66. The van der Waals surface area contributed by atoms with E-state index in [9.17, 15) is 9.59 Å². The van der Waals surface area contributed by atoms with Crippen LogP contribution in [-0.4, -0.2) is 52.3 Å². The average molecular weight is 335 g/mol. The highest BCUT2D eigenvalue weighted by atomic mass is 16.2. The topological polar surface area (TPSA) is 79.3 Å². The Balaban J connectivity index is 1.68. The fraction of sp³-hybridized carbons (Fsp3) is 0.706. The lowest BCUT2D eigenvalue weighted by Gasteiger charge is -2.31. The van der Waals surface area contributed by atoms with Crippen molar-refractivity contribution in [3.05, 3.63) is 17.5 Å². The highest BCUT2D eigenvalue weighted by molar-refractivity contribution is 5.74. The number of amides is 3. The van der Waals surface area contributed by atoms with Gasteiger partial charge in [-0.2, -0.15) is 5.10 Å². The van der Waals surface area contributed by atoms with E-state index in [1.54, 1.807) is 6.92 Å². The average Bonchev–Trinajstić information content (AvgIpc) is 2.83. The van der Waals surface area contributed by atoms with Crippen LogP contribution in [0, 0.1) is 19.8 Å². The smallest absolute Gasteiger partial charge is 0.315 e. The highest BCUT2D eigenvalue weighted by Gasteiger charge is 2.21. The first kappa shape index (κ1) is 18.3. The third kappa shape index (κ3) is 5.25. The number of aromatic nitrogens is 2. The number of rotatable bonds is 5. The normalized spacial score (nSPS) is 16.8. The largest absolute Gasteiger partial charge is 0.343 e. The number of hydrogen-bond acceptors (Lipinski definition) is 3. The molecule has 1 fully saturated rings. The molecule has 2 N–H and O–H groups in total. The van der Waals surface area contributed by atoms with Crippen LogP contribution < -0.4 is 10.6 Å². The predicted molar refractivity (Wildman–Crippen MR) is 92.7 cm³/mol. The van der Waals surface area contributed by atoms with Crippen LogP contribution in [0.5, 0.6) is 0 Å². The van der Waals surface area contributed by atoms with Crippen molar-refractivity contribution in [1.82, 2.24) is 25.3 Å². The molecule has 24 heavy (non-hydrogen) atoms. The highest BCUT2D eigenvalue weighted by Crippen LogP contribution is 2.10. The van der Waals surface area contributed by atoms with Crippen molar-refractivity contribution in [3.63, 3.8) is 0 Å². The van der Waals surface area contributed by atoms with Crippen molar-refractivity contribution in [2.24, 2.45) is 5.92 Å². The lowest BCUT2D eigenvalue weighted by Crippen LogP contribution is -2.49. The van der Waals surface area contributed by atoms with Gasteiger partial charge in [-0.3, -0.25) is 9.48 Å². The van der Waals surface area contributed by atoms with Gasteiger partial charge in [0.2, 0.25) is 5.91 Å². The van der Waals surface area contributed by atoms with E-state index in [1.807, 2.05) is 23.4 Å². The number of piperidine rings is 1. The molecule has 1 aliphatic heterocycles. The van der Waals surface area contributed by atoms with Crippen molar-refractivity contribution in [1.29, 1.82) is 0 Å². The van der Waals surface area contributed by atoms with Crippen molar-refractivity contribution >= 4 is 11.9 Å². The first-order valence-corrected chi connectivity index (χ1v) is 8.66. The number of nitrogens with one attached hydrogen (secondary N) is 2. The summed E-state index contributed by atoms with van der Waals surface area (Å²) in [4.78, 5) is 25.2. The summed E-state index contributed by atoms with van der Waals surface area (Å²) in [7, 11) is 0. The lowest BCUT2D eigenvalue weighted by atomic mass is 10.1. The molecule has 0 aromatic carbocycles. The molecule has 1 saturated heterocycles. The summed E-state index contributed by atoms with van der Waals surface area (Å²) in [5, 5.41) is 10.4. The molecule has 3 amide bonds. The van der Waals surface area contributed by atoms with Gasteiger partial charge in [-0.05, 0) is 38.7 Å². The Kier molecular flexibility index (Phi) is 6.23. The van der Waals surface area contributed by atoms with Gasteiger partial charge in [0.1, 0.15) is 0 Å². The first-order chi connectivity index (χ1) is 11.3. The second-order valence-corrected chi connectivity index (χ2v) is 6.85. The van der Waals surface area contributed by atoms with Crippen LogP contribution in [-0.2, 0) is 11.3 Å². The number of carbonyl (C=O) groups is 2. The van der Waals surface area contributed by atoms with Crippen LogP contribution in [0.2, 0.25) is 0 Å². The standard InChI is InChI=1S/C17H29N5O2/c1-12(11-22-14(3)9-13(2)20-22)10-18-17(24)19-16-5-7-21(8-6-16)15(4)23/h9,12,16H,5-8,10-11H2,1-4H3,(H2,18,19,24)/t12-/m0/s1. The maximum Gasteiger partial charge on any atom is 0.315 e. The minimum absolute atomic E-state index is 0.107. The lowest BCUT2D eigenvalue weighted by molar-refractivity contribution is -0.129. The number of carbonyl (C=O) groups excluding carboxylic acids is 2. The molecule has 0 spiro atoms. The Bertz CT molecular complexity index is 576. The number of nitrogens with zero attached hydrogens (tertiary/aromatic N) is 3. The summed E-state index contributed by atoms with van der Waals surface area (Å²) >= 11 is 0. The van der Waals surface area contributed by atoms with E-state index >= 15 is 0 Å². The molecule has 1 aliphatic rings. The molecular weight excluding hydrogens is 306 g/mol. The Hall–Kier alpha value is -2.05. The molecule has 0 unspecified atom stereocenters. The Morgan fingerprint density at radius 1 is 1.33 bits per heavy atom. The van der Waals surface area contributed by atoms with E-state index in [2.05, 4.69) is 28.7 Å². The third-order valence-corrected chi connectivity index (χ3v) is 4.47. The maximum atomic E-state index is 12.0. The summed E-state index contributed by atoms with van der Waals surface area (Å²) in [5.41, 5.74) is 2.16. The number of urea groups is 1. The molecule has 134 valence electrons. The second-order valence-electron chi connectivity index (χ2n) is 6.85. The SMILES string of the molecule is CC(=O)N1CCC(NC(=O)NC[C@H](C)Cn2nc(C)cc2C)CC1. The molecule has 0 radical (unpaired) electrons. The summed E-state index contributed by atoms with van der Waals surface area (Å²) in [6.07, 6.45) is 1.63. The van der Waals surface area contributed by atoms with E-state index in [0.29, 0.717) is 25.6 Å². The van der Waals surface area contributed by atoms with Crippen molar-refractivity contribution in [3.8, 4) is 0 Å². The molecule has 2 rings (SSSR count). The van der Waals surface area contributed by atoms with E-state index < -0.39 is 0 Å². The molecule has 1 aromatic rings. The van der Waals surface area contributed by atoms with Gasteiger partial charge in [-0.15, -0.1) is 0 Å². The van der Waals surface area contributed by atoms with E-state index in [0.717, 1.165) is 30.8 Å². The quantitative estimate of drug-likeness (QED) is 0.855. The van der Waals surface area contributed by atoms with Gasteiger partial charge in [-0.1, -0.05) is 6.92 Å². The summed E-state index contributed by atoms with van der Waals surface area (Å²) in [6.45, 7) is 10.5. The Labute approximate surface area is 143 Å². The maximum absolute atomic E-state index is 12.0. The Morgan fingerprint density at radius 3 is 2.54 bits per heavy atom. The van der Waals surface area contributed by atoms with Crippen molar-refractivity contribution in [2.45, 2.75) is 53.1 Å². The Morgan fingerprint density at radius 2 is 2.00 bits per heavy atom. The monoisotopic (exact) mass is 335 g/mol. The molecular formula is C17H29N5O2. The zero-order valence-corrected chi connectivity index (χ0v) is 15.1. The van der Waals surface area contributed by atoms with E-state index in [1.165, 1.54) is 0 Å². The van der Waals surface area contributed by atoms with E-state index in [4.69, 9.17) is 0 Å². The van der Waals surface area contributed by atoms with Crippen molar-refractivity contribution < 1.29 is 9.59 Å². The predicted octanol–water partition coefficient (Wildman–Crippen LogP) is 1.45. The fourth-order valence-electron chi connectivity index (χ4n) is 3.06. The van der Waals surface area contributed by atoms with Gasteiger partial charge in [0.15, 0.2) is 0 Å². The molecule has 2 heterocycles. The number of likely N-dealkylation sites (tertiary alicyclic amines) is 1. The summed E-state index contributed by atoms with van der Waals surface area (Å²) < 4.78 is 1.98. The summed E-state index contributed by atoms with van der Waals surface area (Å²) in [6, 6.07) is 2.07. The van der Waals surface area contributed by atoms with Gasteiger partial charge in [-0.25, -0.2) is 4.79 Å². The van der Waals surface area contributed by atoms with Crippen LogP contribution in [0.3, 0.4) is 0 Å². The molecule has 0 bridgehead atoms. The van der Waals surface area contributed by atoms with Crippen LogP contribution in [0.4, 0.5) is 4.79 Å². The van der Waals surface area contributed by atoms with Gasteiger partial charge in [0.05, 0.1) is 5.69 Å². The summed E-state index contributed by atoms with van der Waals surface area (Å²) in [5.74, 6) is 0.407. The van der Waals surface area contributed by atoms with Crippen molar-refractivity contribution in [2.75, 3.05) is 19.6 Å². The van der Waals surface area contributed by atoms with Crippen LogP contribution in [0.15, 0.2) is 6.07 Å². The zero-order valence-electron chi connectivity index (χ0n) is 15.1. The van der Waals surface area contributed by atoms with E-state index in [-0.39, 0.29) is 18.0 Å². The molecule has 7 heteroatoms. The molecule has 0 saturated carbocycles. The third-order valence-electron chi connectivity index (χ3n) is 4.47. The van der Waals surface area contributed by atoms with Crippen LogP contribution in [0.25, 0.3) is 0 Å². The number of aryl methyl sites for hydroxylation is 2. The number of hydrogen-bond donors (Lipinski definition) is 2. The van der Waals surface area contributed by atoms with Gasteiger partial charge < -0.3 is 15.5 Å².